The highest BCUT2D eigenvalue weighted by atomic mass is 16.5. The van der Waals surface area contributed by atoms with Crippen molar-refractivity contribution in [1.29, 1.82) is 0 Å². The third-order valence-corrected chi connectivity index (χ3v) is 4.97. The van der Waals surface area contributed by atoms with Crippen LogP contribution in [-0.4, -0.2) is 13.1 Å². The largest absolute Gasteiger partial charge is 0.497 e. The third kappa shape index (κ3) is 3.23. The topological polar surface area (TPSA) is 35.5 Å². The van der Waals surface area contributed by atoms with Gasteiger partial charge in [0.1, 0.15) is 17.4 Å². The maximum atomic E-state index is 12.8. The molecule has 3 nitrogen and oxygen atoms in total. The van der Waals surface area contributed by atoms with Gasteiger partial charge in [0.2, 0.25) is 0 Å². The van der Waals surface area contributed by atoms with Gasteiger partial charge in [0.05, 0.1) is 7.11 Å². The molecule has 1 atom stereocenters. The molecule has 1 unspecified atom stereocenters. The fourth-order valence-corrected chi connectivity index (χ4v) is 3.39. The summed E-state index contributed by atoms with van der Waals surface area (Å²) >= 11 is 0. The summed E-state index contributed by atoms with van der Waals surface area (Å²) < 4.78 is 11.1. The second-order valence-electron chi connectivity index (χ2n) is 9.07. The molecule has 0 spiro atoms. The number of carbonyl (C=O) groups excluding carboxylic acids is 1. The second kappa shape index (κ2) is 6.15. The molecule has 3 rings (SSSR count). The summed E-state index contributed by atoms with van der Waals surface area (Å²) in [4.78, 5) is 12.8. The van der Waals surface area contributed by atoms with Crippen molar-refractivity contribution < 1.29 is 14.3 Å². The van der Waals surface area contributed by atoms with E-state index in [0.717, 1.165) is 28.2 Å². The van der Waals surface area contributed by atoms with Crippen molar-refractivity contribution in [3.8, 4) is 11.5 Å². The SMILES string of the molecule is COc1cccc(C2C(=O)Oc3c2cc(C(C)(C)C)cc3C(C)(C)C)c1. The Balaban J connectivity index is 2.24. The van der Waals surface area contributed by atoms with E-state index >= 15 is 0 Å². The average Bonchev–Trinajstić information content (AvgIpc) is 2.87. The molecular formula is C23H28O3. The summed E-state index contributed by atoms with van der Waals surface area (Å²) in [6, 6.07) is 12.0. The average molecular weight is 352 g/mol. The first kappa shape index (κ1) is 18.5. The fraction of sp³-hybridized carbons (Fsp3) is 0.435. The summed E-state index contributed by atoms with van der Waals surface area (Å²) in [5, 5.41) is 0. The zero-order valence-electron chi connectivity index (χ0n) is 16.8. The molecule has 2 aromatic carbocycles. The van der Waals surface area contributed by atoms with Crippen LogP contribution in [0.4, 0.5) is 0 Å². The summed E-state index contributed by atoms with van der Waals surface area (Å²) in [5.74, 6) is 0.836. The molecule has 0 saturated carbocycles. The summed E-state index contributed by atoms with van der Waals surface area (Å²) in [7, 11) is 1.63. The van der Waals surface area contributed by atoms with E-state index in [1.165, 1.54) is 5.56 Å². The van der Waals surface area contributed by atoms with E-state index in [9.17, 15) is 4.79 Å². The third-order valence-electron chi connectivity index (χ3n) is 4.97. The van der Waals surface area contributed by atoms with Gasteiger partial charge in [0.15, 0.2) is 0 Å². The van der Waals surface area contributed by atoms with Crippen LogP contribution in [0.5, 0.6) is 11.5 Å². The van der Waals surface area contributed by atoms with Crippen LogP contribution >= 0.6 is 0 Å². The standard InChI is InChI=1S/C23H28O3/c1-22(2,3)15-12-17-19(14-9-8-10-16(11-14)25-7)21(24)26-20(17)18(13-15)23(4,5)6/h8-13,19H,1-7H3. The normalized spacial score (nSPS) is 17.0. The molecule has 1 aliphatic heterocycles. The van der Waals surface area contributed by atoms with Gasteiger partial charge in [-0.15, -0.1) is 0 Å². The summed E-state index contributed by atoms with van der Waals surface area (Å²) in [5.41, 5.74) is 4.03. The summed E-state index contributed by atoms with van der Waals surface area (Å²) in [6.07, 6.45) is 0. The first-order chi connectivity index (χ1) is 12.0. The zero-order chi connectivity index (χ0) is 19.3. The van der Waals surface area contributed by atoms with Gasteiger partial charge in [-0.05, 0) is 34.1 Å². The number of fused-ring (bicyclic) bond motifs is 1. The minimum absolute atomic E-state index is 0.0143. The number of hydrogen-bond donors (Lipinski definition) is 0. The van der Waals surface area contributed by atoms with Crippen LogP contribution in [0.1, 0.15) is 69.7 Å². The molecule has 0 amide bonds. The molecule has 0 saturated heterocycles. The Kier molecular flexibility index (Phi) is 4.38. The van der Waals surface area contributed by atoms with Crippen molar-refractivity contribution in [3.05, 3.63) is 58.7 Å². The van der Waals surface area contributed by atoms with Crippen molar-refractivity contribution in [1.82, 2.24) is 0 Å². The molecule has 0 bridgehead atoms. The van der Waals surface area contributed by atoms with E-state index in [-0.39, 0.29) is 16.8 Å². The number of ether oxygens (including phenoxy) is 2. The second-order valence-corrected chi connectivity index (χ2v) is 9.07. The molecule has 3 heteroatoms. The smallest absolute Gasteiger partial charge is 0.323 e. The molecule has 1 heterocycles. The number of carbonyl (C=O) groups is 1. The number of hydrogen-bond acceptors (Lipinski definition) is 3. The van der Waals surface area contributed by atoms with Crippen molar-refractivity contribution >= 4 is 5.97 Å². The molecule has 2 aromatic rings. The molecule has 138 valence electrons. The molecular weight excluding hydrogens is 324 g/mol. The lowest BCUT2D eigenvalue weighted by Gasteiger charge is -2.27. The van der Waals surface area contributed by atoms with Gasteiger partial charge < -0.3 is 9.47 Å². The van der Waals surface area contributed by atoms with E-state index in [2.05, 4.69) is 53.7 Å². The Morgan fingerprint density at radius 3 is 2.23 bits per heavy atom. The monoisotopic (exact) mass is 352 g/mol. The van der Waals surface area contributed by atoms with Gasteiger partial charge in [-0.1, -0.05) is 65.8 Å². The zero-order valence-corrected chi connectivity index (χ0v) is 16.8. The van der Waals surface area contributed by atoms with Crippen LogP contribution in [-0.2, 0) is 15.6 Å². The number of esters is 1. The van der Waals surface area contributed by atoms with E-state index in [0.29, 0.717) is 0 Å². The van der Waals surface area contributed by atoms with Crippen LogP contribution in [0.15, 0.2) is 36.4 Å². The molecule has 1 aliphatic rings. The Hall–Kier alpha value is -2.29. The predicted octanol–water partition coefficient (Wildman–Crippen LogP) is 5.34. The Bertz CT molecular complexity index is 851. The highest BCUT2D eigenvalue weighted by molar-refractivity contribution is 5.90. The lowest BCUT2D eigenvalue weighted by molar-refractivity contribution is -0.133. The summed E-state index contributed by atoms with van der Waals surface area (Å²) in [6.45, 7) is 13.0. The van der Waals surface area contributed by atoms with Crippen LogP contribution in [0, 0.1) is 0 Å². The number of methoxy groups -OCH3 is 1. The van der Waals surface area contributed by atoms with Gasteiger partial charge in [0.25, 0.3) is 0 Å². The number of rotatable bonds is 2. The highest BCUT2D eigenvalue weighted by Gasteiger charge is 2.39. The van der Waals surface area contributed by atoms with Crippen molar-refractivity contribution in [2.75, 3.05) is 7.11 Å². The molecule has 0 radical (unpaired) electrons. The van der Waals surface area contributed by atoms with Gasteiger partial charge >= 0.3 is 5.97 Å². The Labute approximate surface area is 156 Å². The van der Waals surface area contributed by atoms with Gasteiger partial charge in [0, 0.05) is 11.1 Å². The van der Waals surface area contributed by atoms with Gasteiger partial charge in [-0.3, -0.25) is 4.79 Å². The molecule has 0 aliphatic carbocycles. The predicted molar refractivity (Wildman–Crippen MR) is 104 cm³/mol. The minimum atomic E-state index is -0.413. The van der Waals surface area contributed by atoms with E-state index in [4.69, 9.17) is 9.47 Å². The van der Waals surface area contributed by atoms with Crippen LogP contribution < -0.4 is 9.47 Å². The molecule has 26 heavy (non-hydrogen) atoms. The molecule has 0 fully saturated rings. The quantitative estimate of drug-likeness (QED) is 0.540. The Morgan fingerprint density at radius 2 is 1.65 bits per heavy atom. The van der Waals surface area contributed by atoms with Crippen LogP contribution in [0.3, 0.4) is 0 Å². The minimum Gasteiger partial charge on any atom is -0.497 e. The highest BCUT2D eigenvalue weighted by Crippen LogP contribution is 2.47. The number of benzene rings is 2. The van der Waals surface area contributed by atoms with Gasteiger partial charge in [-0.25, -0.2) is 0 Å². The van der Waals surface area contributed by atoms with E-state index < -0.39 is 5.92 Å². The van der Waals surface area contributed by atoms with Crippen molar-refractivity contribution in [2.24, 2.45) is 0 Å². The van der Waals surface area contributed by atoms with Gasteiger partial charge in [-0.2, -0.15) is 0 Å². The lowest BCUT2D eigenvalue weighted by atomic mass is 9.77. The van der Waals surface area contributed by atoms with Crippen LogP contribution in [0.25, 0.3) is 0 Å². The van der Waals surface area contributed by atoms with Crippen LogP contribution in [0.2, 0.25) is 0 Å². The van der Waals surface area contributed by atoms with E-state index in [1.807, 2.05) is 24.3 Å². The lowest BCUT2D eigenvalue weighted by Crippen LogP contribution is -2.17. The molecule has 0 N–H and O–H groups in total. The first-order valence-electron chi connectivity index (χ1n) is 9.07. The van der Waals surface area contributed by atoms with E-state index in [1.54, 1.807) is 7.11 Å². The van der Waals surface area contributed by atoms with Crippen molar-refractivity contribution in [2.45, 2.75) is 58.3 Å². The Morgan fingerprint density at radius 1 is 0.962 bits per heavy atom. The molecule has 0 aromatic heterocycles. The maximum absolute atomic E-state index is 12.8. The fourth-order valence-electron chi connectivity index (χ4n) is 3.39. The first-order valence-corrected chi connectivity index (χ1v) is 9.07. The van der Waals surface area contributed by atoms with Crippen molar-refractivity contribution in [3.63, 3.8) is 0 Å². The maximum Gasteiger partial charge on any atom is 0.323 e.